The normalized spacial score (nSPS) is 13.7. The van der Waals surface area contributed by atoms with Crippen LogP contribution in [0.3, 0.4) is 0 Å². The fourth-order valence-electron chi connectivity index (χ4n) is 2.40. The number of hydrogen-bond donors (Lipinski definition) is 0. The van der Waals surface area contributed by atoms with E-state index in [9.17, 15) is 8.42 Å². The summed E-state index contributed by atoms with van der Waals surface area (Å²) < 4.78 is 29.9. The maximum atomic E-state index is 12.4. The summed E-state index contributed by atoms with van der Waals surface area (Å²) in [7, 11) is -3.85. The van der Waals surface area contributed by atoms with Crippen LogP contribution in [0.15, 0.2) is 53.4 Å². The van der Waals surface area contributed by atoms with Crippen LogP contribution in [0.4, 0.5) is 0 Å². The van der Waals surface area contributed by atoms with Crippen molar-refractivity contribution in [2.45, 2.75) is 12.8 Å². The minimum absolute atomic E-state index is 0.152. The molecule has 5 heteroatoms. The molecule has 4 nitrogen and oxygen atoms in total. The first-order valence-electron chi connectivity index (χ1n) is 6.82. The number of allylic oxidation sites excluding steroid dienone is 1. The lowest BCUT2D eigenvalue weighted by molar-refractivity contribution is 0.491. The Morgan fingerprint density at radius 2 is 1.86 bits per heavy atom. The summed E-state index contributed by atoms with van der Waals surface area (Å²) in [6.07, 6.45) is 2.74. The molecule has 0 atom stereocenters. The first-order valence-corrected chi connectivity index (χ1v) is 8.22. The number of benzene rings is 2. The first kappa shape index (κ1) is 14.4. The van der Waals surface area contributed by atoms with E-state index in [4.69, 9.17) is 9.44 Å². The Kier molecular flexibility index (Phi) is 3.70. The standard InChI is InChI=1S/C17H13NO3S/c18-12-13-4-3-7-16(10-13)21-22(19,20)17-9-8-14-5-1-2-6-15(14)11-17/h1-7,10-11H,8-9H2. The molecule has 0 spiro atoms. The van der Waals surface area contributed by atoms with E-state index in [0.717, 1.165) is 11.1 Å². The van der Waals surface area contributed by atoms with Crippen molar-refractivity contribution in [2.75, 3.05) is 0 Å². The van der Waals surface area contributed by atoms with Gasteiger partial charge in [0, 0.05) is 0 Å². The topological polar surface area (TPSA) is 67.2 Å². The van der Waals surface area contributed by atoms with Gasteiger partial charge in [0.05, 0.1) is 16.5 Å². The van der Waals surface area contributed by atoms with E-state index in [-0.39, 0.29) is 10.7 Å². The lowest BCUT2D eigenvalue weighted by Gasteiger charge is -2.16. The van der Waals surface area contributed by atoms with E-state index in [1.165, 1.54) is 12.1 Å². The van der Waals surface area contributed by atoms with Gasteiger partial charge < -0.3 is 4.18 Å². The molecule has 0 heterocycles. The minimum Gasteiger partial charge on any atom is -0.379 e. The van der Waals surface area contributed by atoms with Gasteiger partial charge in [0.15, 0.2) is 0 Å². The number of fused-ring (bicyclic) bond motifs is 1. The van der Waals surface area contributed by atoms with Crippen LogP contribution in [-0.2, 0) is 16.5 Å². The van der Waals surface area contributed by atoms with Crippen LogP contribution in [0.25, 0.3) is 6.08 Å². The van der Waals surface area contributed by atoms with Gasteiger partial charge >= 0.3 is 10.1 Å². The zero-order valence-corrected chi connectivity index (χ0v) is 12.5. The van der Waals surface area contributed by atoms with Crippen LogP contribution in [-0.4, -0.2) is 8.42 Å². The Hall–Kier alpha value is -2.58. The van der Waals surface area contributed by atoms with Crippen LogP contribution in [0.2, 0.25) is 0 Å². The Morgan fingerprint density at radius 1 is 1.05 bits per heavy atom. The molecule has 1 aliphatic carbocycles. The second-order valence-electron chi connectivity index (χ2n) is 4.99. The Balaban J connectivity index is 1.91. The van der Waals surface area contributed by atoms with Gasteiger partial charge in [0.2, 0.25) is 0 Å². The summed E-state index contributed by atoms with van der Waals surface area (Å²) in [5, 5.41) is 8.85. The van der Waals surface area contributed by atoms with Crippen molar-refractivity contribution in [1.29, 1.82) is 5.26 Å². The number of nitriles is 1. The van der Waals surface area contributed by atoms with Crippen molar-refractivity contribution in [3.63, 3.8) is 0 Å². The highest BCUT2D eigenvalue weighted by Gasteiger charge is 2.23. The van der Waals surface area contributed by atoms with Gasteiger partial charge in [-0.3, -0.25) is 0 Å². The molecule has 0 unspecified atom stereocenters. The molecule has 0 aromatic heterocycles. The SMILES string of the molecule is N#Cc1cccc(OS(=O)(=O)C2=Cc3ccccc3CC2)c1. The van der Waals surface area contributed by atoms with Gasteiger partial charge in [-0.2, -0.15) is 13.7 Å². The number of hydrogen-bond acceptors (Lipinski definition) is 4. The molecule has 3 rings (SSSR count). The molecular weight excluding hydrogens is 298 g/mol. The van der Waals surface area contributed by atoms with Crippen LogP contribution in [0.1, 0.15) is 23.1 Å². The highest BCUT2D eigenvalue weighted by Crippen LogP contribution is 2.28. The van der Waals surface area contributed by atoms with Crippen molar-refractivity contribution < 1.29 is 12.6 Å². The summed E-state index contributed by atoms with van der Waals surface area (Å²) in [4.78, 5) is 0.258. The van der Waals surface area contributed by atoms with Gasteiger partial charge in [-0.05, 0) is 48.2 Å². The lowest BCUT2D eigenvalue weighted by Crippen LogP contribution is -2.15. The van der Waals surface area contributed by atoms with E-state index in [1.807, 2.05) is 30.3 Å². The molecule has 1 aliphatic rings. The predicted octanol–water partition coefficient (Wildman–Crippen LogP) is 3.25. The lowest BCUT2D eigenvalue weighted by atomic mass is 9.98. The van der Waals surface area contributed by atoms with Gasteiger partial charge in [-0.25, -0.2) is 0 Å². The third-order valence-electron chi connectivity index (χ3n) is 3.50. The highest BCUT2D eigenvalue weighted by molar-refractivity contribution is 7.91. The van der Waals surface area contributed by atoms with Gasteiger partial charge in [-0.1, -0.05) is 30.3 Å². The summed E-state index contributed by atoms with van der Waals surface area (Å²) in [6.45, 7) is 0. The van der Waals surface area contributed by atoms with Crippen molar-refractivity contribution in [3.05, 3.63) is 70.1 Å². The highest BCUT2D eigenvalue weighted by atomic mass is 32.2. The number of rotatable bonds is 3. The fourth-order valence-corrected chi connectivity index (χ4v) is 3.49. The number of aryl methyl sites for hydroxylation is 1. The molecule has 0 saturated carbocycles. The smallest absolute Gasteiger partial charge is 0.335 e. The fraction of sp³-hybridized carbons (Fsp3) is 0.118. The molecule has 0 bridgehead atoms. The predicted molar refractivity (Wildman–Crippen MR) is 83.4 cm³/mol. The van der Waals surface area contributed by atoms with Gasteiger partial charge in [-0.15, -0.1) is 0 Å². The average molecular weight is 311 g/mol. The van der Waals surface area contributed by atoms with Crippen LogP contribution in [0.5, 0.6) is 5.75 Å². The molecule has 0 fully saturated rings. The Labute approximate surface area is 129 Å². The zero-order chi connectivity index (χ0) is 15.6. The maximum absolute atomic E-state index is 12.4. The van der Waals surface area contributed by atoms with Gasteiger partial charge in [0.25, 0.3) is 0 Å². The second-order valence-corrected chi connectivity index (χ2v) is 6.59. The van der Waals surface area contributed by atoms with E-state index in [1.54, 1.807) is 18.2 Å². The molecule has 0 saturated heterocycles. The summed E-state index contributed by atoms with van der Waals surface area (Å²) in [6, 6.07) is 15.8. The second kappa shape index (κ2) is 5.66. The molecule has 0 amide bonds. The Morgan fingerprint density at radius 3 is 2.68 bits per heavy atom. The van der Waals surface area contributed by atoms with Crippen molar-refractivity contribution >= 4 is 16.2 Å². The van der Waals surface area contributed by atoms with Crippen molar-refractivity contribution in [2.24, 2.45) is 0 Å². The maximum Gasteiger partial charge on any atom is 0.335 e. The summed E-state index contributed by atoms with van der Waals surface area (Å²) in [5.74, 6) is 0.152. The molecule has 2 aromatic rings. The summed E-state index contributed by atoms with van der Waals surface area (Å²) >= 11 is 0. The zero-order valence-electron chi connectivity index (χ0n) is 11.7. The summed E-state index contributed by atoms with van der Waals surface area (Å²) in [5.41, 5.74) is 2.39. The molecule has 110 valence electrons. The van der Waals surface area contributed by atoms with Crippen LogP contribution < -0.4 is 4.18 Å². The van der Waals surface area contributed by atoms with Gasteiger partial charge in [0.1, 0.15) is 5.75 Å². The third kappa shape index (κ3) is 2.87. The van der Waals surface area contributed by atoms with Crippen molar-refractivity contribution in [3.8, 4) is 11.8 Å². The minimum atomic E-state index is -3.85. The number of nitrogens with zero attached hydrogens (tertiary/aromatic N) is 1. The average Bonchev–Trinajstić information content (AvgIpc) is 2.54. The van der Waals surface area contributed by atoms with Crippen molar-refractivity contribution in [1.82, 2.24) is 0 Å². The molecule has 22 heavy (non-hydrogen) atoms. The first-order chi connectivity index (χ1) is 10.6. The molecule has 0 aliphatic heterocycles. The molecule has 2 aromatic carbocycles. The quantitative estimate of drug-likeness (QED) is 0.816. The van der Waals surface area contributed by atoms with E-state index in [0.29, 0.717) is 18.4 Å². The van der Waals surface area contributed by atoms with E-state index >= 15 is 0 Å². The molecule has 0 N–H and O–H groups in total. The van der Waals surface area contributed by atoms with E-state index in [2.05, 4.69) is 0 Å². The van der Waals surface area contributed by atoms with E-state index < -0.39 is 10.1 Å². The van der Waals surface area contributed by atoms with Crippen LogP contribution in [0, 0.1) is 11.3 Å². The molecule has 0 radical (unpaired) electrons. The van der Waals surface area contributed by atoms with Crippen LogP contribution >= 0.6 is 0 Å². The molecular formula is C17H13NO3S. The third-order valence-corrected chi connectivity index (χ3v) is 4.88. The Bertz CT molecular complexity index is 892. The largest absolute Gasteiger partial charge is 0.379 e. The monoisotopic (exact) mass is 311 g/mol.